The van der Waals surface area contributed by atoms with Crippen molar-refractivity contribution >= 4 is 178 Å². The fourth-order valence-corrected chi connectivity index (χ4v) is 12.4. The number of pyridine rings is 6. The first-order chi connectivity index (χ1) is 63.8. The van der Waals surface area contributed by atoms with Gasteiger partial charge in [-0.25, -0.2) is 39.7 Å². The van der Waals surface area contributed by atoms with Crippen LogP contribution in [0.15, 0.2) is 268 Å². The molecule has 1 aliphatic rings. The second kappa shape index (κ2) is 50.4. The van der Waals surface area contributed by atoms with Gasteiger partial charge in [0.25, 0.3) is 29.2 Å². The number of nitrogens with one attached hydrogen (secondary N) is 5. The number of nitrogen functional groups attached to an aromatic ring is 6. The summed E-state index contributed by atoms with van der Waals surface area (Å²) in [6.45, 7) is 13.5. The molecule has 0 unspecified atom stereocenters. The standard InChI is InChI=1S/C17H11N7.C13H10N4O.C12H16BN3O6.C12H10N4.C11H8N4O4.C11H12N4.C5H4BrN.C5H2ClN3.CH2O2.ClH.Na.H2O/c18-7-11-8-20-17(21-9-11)24-13-5-14(12-1-3-19-4-2-12)16-15(6-13)22-10-23-16;18-8-17-10-5-11(9-1-3-14-4-2-9)13-12(6-10)15-7-16-13;1-11(2)12(3,4)22-13(21-11)8-5-7(15(17)18)6-9(10(8)14)16(19)20;13-9-5-10(8-1-3-14-4-2-8)12-11(6-9)15-7-16-12;12-11-9(7-1-3-13-4-2-7)5-8(14(16)17)6-10(11)15(18)19;12-8-5-9(11(14)10(13)6-8)7-1-3-15-4-2-7;6-5-1-3-7-4-2-5;1-7-4-2-8-5(6)9-3-4;2-1-3;;;/h1-6,8-10H,(H,22,23)(H,20,21,24);1-8H,(H,15,16)(H,17,18);5-6H,14H2,1-4H3;1-7H,13H2,(H,15,16);1-6H,12H2;1-6H,12-14H2;1-4H;2-3H;1H,(H,2,3);1H;;1H2/q;;;;;;;;;;+1;/p-1. The van der Waals surface area contributed by atoms with Gasteiger partial charge in [-0.3, -0.25) is 80.0 Å². The van der Waals surface area contributed by atoms with E-state index in [0.29, 0.717) is 46.2 Å². The average Bonchev–Trinajstić information content (AvgIpc) is 1.61. The number of nitriles is 1. The minimum atomic E-state index is -1.01. The zero-order valence-corrected chi connectivity index (χ0v) is 77.1. The van der Waals surface area contributed by atoms with Gasteiger partial charge in [-0.05, 0) is 188 Å². The molecule has 0 spiro atoms. The molecule has 684 valence electrons. The summed E-state index contributed by atoms with van der Waals surface area (Å²) < 4.78 is 12.6. The maximum Gasteiger partial charge on any atom is 1.00 e. The van der Waals surface area contributed by atoms with Crippen molar-refractivity contribution in [3.05, 3.63) is 331 Å². The maximum absolute atomic E-state index is 11.0. The molecule has 1 amide bonds. The van der Waals surface area contributed by atoms with Crippen molar-refractivity contribution in [3.8, 4) is 61.7 Å². The summed E-state index contributed by atoms with van der Waals surface area (Å²) in [5.41, 5.74) is 50.0. The molecule has 0 atom stereocenters. The Bertz CT molecular complexity index is 7010. The smallest absolute Gasteiger partial charge is 0.870 e. The SMILES string of the molecule is Brc1ccncc1.CC1(C)OB(c2cc([N+](=O)[O-])cc([N+](=O)[O-])c2N)OC1(C)C.Cl.N#Cc1cnc(Nc2cc(-c3ccncc3)c3nc[nH]c3c2)nc1.Nc1c(-c2ccncc2)cc([N+](=O)[O-])cc1[N+](=O)[O-].Nc1cc(-c2ccncc2)c2nc[nH]c2c1.Nc1cc(N)c(N)c(-c2ccncc2)c1.O=CNc1cc(-c2ccncc2)c2nc[nH]c2c1.O=CO.[C-]#[N+]c1cnc(Cl)nc1.[Na+].[OH-]. The number of H-pyrrole nitrogens is 3. The summed E-state index contributed by atoms with van der Waals surface area (Å²) in [4.78, 5) is 124. The fraction of sp³-hybridized carbons (Fsp3) is 0.0690. The molecule has 0 bridgehead atoms. The van der Waals surface area contributed by atoms with E-state index >= 15 is 0 Å². The van der Waals surface area contributed by atoms with Crippen molar-refractivity contribution in [2.24, 2.45) is 0 Å². The van der Waals surface area contributed by atoms with Gasteiger partial charge in [0, 0.05) is 159 Å². The third-order valence-corrected chi connectivity index (χ3v) is 19.8. The van der Waals surface area contributed by atoms with Crippen LogP contribution >= 0.6 is 39.9 Å². The molecule has 17 aromatic rings. The topological polar surface area (TPSA) is 699 Å². The molecule has 44 nitrogen and oxygen atoms in total. The number of hydrogen-bond donors (Lipinski definition) is 12. The number of amides is 1. The predicted octanol–water partition coefficient (Wildman–Crippen LogP) is 12.9. The van der Waals surface area contributed by atoms with Crippen LogP contribution in [-0.2, 0) is 18.9 Å². The first kappa shape index (κ1) is 106. The van der Waals surface area contributed by atoms with Crippen molar-refractivity contribution in [2.75, 3.05) is 45.0 Å². The molecule has 11 aromatic heterocycles. The Morgan fingerprint density at radius 3 is 1.25 bits per heavy atom. The zero-order chi connectivity index (χ0) is 95.9. The van der Waals surface area contributed by atoms with Crippen molar-refractivity contribution in [3.63, 3.8) is 0 Å². The number of anilines is 9. The van der Waals surface area contributed by atoms with E-state index in [1.165, 1.54) is 43.2 Å². The number of nitrogens with zero attached hydrogens (tertiary/aromatic N) is 19. The van der Waals surface area contributed by atoms with Crippen LogP contribution < -0.4 is 80.1 Å². The van der Waals surface area contributed by atoms with Crippen LogP contribution in [-0.4, -0.2) is 141 Å². The summed E-state index contributed by atoms with van der Waals surface area (Å²) in [7, 11) is -1.01. The average molecular weight is 1950 g/mol. The molecule has 6 aromatic carbocycles. The van der Waals surface area contributed by atoms with Crippen LogP contribution in [0.25, 0.3) is 93.6 Å². The maximum atomic E-state index is 11.0. The number of carboxylic acid groups (broad SMARTS) is 1. The number of non-ortho nitro benzene ring substituents is 2. The van der Waals surface area contributed by atoms with E-state index in [0.717, 1.165) is 117 Å². The number of halogens is 3. The number of carbonyl (C=O) groups excluding carboxylic acids is 1. The van der Waals surface area contributed by atoms with Gasteiger partial charge in [0.2, 0.25) is 23.3 Å². The van der Waals surface area contributed by atoms with Crippen LogP contribution in [0.3, 0.4) is 0 Å². The van der Waals surface area contributed by atoms with E-state index in [-0.39, 0.29) is 87.3 Å². The van der Waals surface area contributed by atoms with Crippen LogP contribution in [0.2, 0.25) is 5.28 Å². The third kappa shape index (κ3) is 28.5. The minimum absolute atomic E-state index is 0. The second-order valence-corrected chi connectivity index (χ2v) is 29.4. The first-order valence-corrected chi connectivity index (χ1v) is 39.6. The molecule has 12 heterocycles. The number of hydrogen-bond acceptors (Lipinski definition) is 34. The molecular weight excluding hydrogens is 1870 g/mol. The van der Waals surface area contributed by atoms with Crippen molar-refractivity contribution in [1.29, 1.82) is 5.26 Å². The second-order valence-electron chi connectivity index (χ2n) is 28.2. The molecule has 0 radical (unpaired) electrons. The van der Waals surface area contributed by atoms with Gasteiger partial charge in [-0.15, -0.1) is 12.4 Å². The molecular formula is C87H77BBrCl2N30NaO14. The minimum Gasteiger partial charge on any atom is -0.870 e. The molecule has 0 aliphatic carbocycles. The number of nitro benzene ring substituents is 4. The Hall–Kier alpha value is -17.1. The summed E-state index contributed by atoms with van der Waals surface area (Å²) >= 11 is 8.61. The Morgan fingerprint density at radius 1 is 0.500 bits per heavy atom. The van der Waals surface area contributed by atoms with E-state index in [1.807, 2.05) is 103 Å². The Labute approximate surface area is 813 Å². The number of carbonyl (C=O) groups is 2. The summed E-state index contributed by atoms with van der Waals surface area (Å²) in [6.07, 6.45) is 31.7. The van der Waals surface area contributed by atoms with Crippen molar-refractivity contribution < 1.29 is 78.7 Å². The van der Waals surface area contributed by atoms with E-state index in [2.05, 4.69) is 111 Å². The van der Waals surface area contributed by atoms with Gasteiger partial charge in [0.1, 0.15) is 17.4 Å². The van der Waals surface area contributed by atoms with Gasteiger partial charge in [-0.2, -0.15) is 5.26 Å². The number of nitro groups is 4. The van der Waals surface area contributed by atoms with E-state index in [9.17, 15) is 45.3 Å². The molecule has 0 saturated carbocycles. The van der Waals surface area contributed by atoms with Crippen LogP contribution in [0, 0.1) is 58.4 Å². The van der Waals surface area contributed by atoms with Gasteiger partial charge < -0.3 is 79.9 Å². The number of aromatic nitrogens is 16. The fourth-order valence-electron chi connectivity index (χ4n) is 12.1. The van der Waals surface area contributed by atoms with Crippen LogP contribution in [0.5, 0.6) is 0 Å². The van der Waals surface area contributed by atoms with Gasteiger partial charge in [-0.1, -0.05) is 15.9 Å². The molecule has 136 heavy (non-hydrogen) atoms. The molecule has 1 aliphatic heterocycles. The quantitative estimate of drug-likeness (QED) is 0.00915. The number of aromatic amines is 3. The third-order valence-electron chi connectivity index (χ3n) is 19.1. The van der Waals surface area contributed by atoms with Crippen LogP contribution in [0.1, 0.15) is 33.3 Å². The Kier molecular flexibility index (Phi) is 39.2. The summed E-state index contributed by atoms with van der Waals surface area (Å²) in [5, 5.41) is 65.4. The molecule has 49 heteroatoms. The normalized spacial score (nSPS) is 11.2. The molecule has 18 rings (SSSR count). The first-order valence-electron chi connectivity index (χ1n) is 38.5. The van der Waals surface area contributed by atoms with Gasteiger partial charge in [0.05, 0.1) is 131 Å². The van der Waals surface area contributed by atoms with E-state index < -0.39 is 55.1 Å². The summed E-state index contributed by atoms with van der Waals surface area (Å²) in [6, 6.07) is 43.2. The largest absolute Gasteiger partial charge is 1.00 e. The van der Waals surface area contributed by atoms with Gasteiger partial charge in [0.15, 0.2) is 0 Å². The Balaban J connectivity index is 0.000000214. The molecule has 1 fully saturated rings. The number of nitrogens with two attached hydrogens (primary N) is 6. The van der Waals surface area contributed by atoms with E-state index in [1.54, 1.807) is 133 Å². The van der Waals surface area contributed by atoms with Crippen LogP contribution in [0.4, 0.5) is 79.9 Å². The number of rotatable bonds is 14. The van der Waals surface area contributed by atoms with Gasteiger partial charge >= 0.3 is 36.7 Å². The molecule has 19 N–H and O–H groups in total. The van der Waals surface area contributed by atoms with Crippen molar-refractivity contribution in [2.45, 2.75) is 38.9 Å². The summed E-state index contributed by atoms with van der Waals surface area (Å²) in [5.74, 6) is 0.425. The number of imidazole rings is 3. The number of benzene rings is 6. The van der Waals surface area contributed by atoms with E-state index in [4.69, 9.17) is 77.0 Å². The number of fused-ring (bicyclic) bond motifs is 3. The monoisotopic (exact) mass is 1950 g/mol. The molecule has 1 saturated heterocycles. The zero-order valence-electron chi connectivity index (χ0n) is 72.0. The predicted molar refractivity (Wildman–Crippen MR) is 515 cm³/mol. The van der Waals surface area contributed by atoms with Crippen molar-refractivity contribution in [1.82, 2.24) is 79.7 Å². The Morgan fingerprint density at radius 2 is 0.860 bits per heavy atom.